The van der Waals surface area contributed by atoms with Gasteiger partial charge < -0.3 is 16.4 Å². The SMILES string of the molecule is CC(c1nc(N)nc(Nc2ccccc2)n1)N1CCC(C(=O)NCc2ccccc2)CC1. The molecule has 4 rings (SSSR count). The van der Waals surface area contributed by atoms with E-state index in [2.05, 4.69) is 37.4 Å². The fraction of sp³-hybridized carbons (Fsp3) is 0.333. The molecule has 1 amide bonds. The molecular weight excluding hydrogens is 402 g/mol. The normalized spacial score (nSPS) is 15.8. The van der Waals surface area contributed by atoms with Crippen LogP contribution < -0.4 is 16.4 Å². The number of hydrogen-bond acceptors (Lipinski definition) is 7. The van der Waals surface area contributed by atoms with Crippen LogP contribution in [-0.4, -0.2) is 38.8 Å². The van der Waals surface area contributed by atoms with Gasteiger partial charge in [-0.15, -0.1) is 0 Å². The Kier molecular flexibility index (Phi) is 6.91. The van der Waals surface area contributed by atoms with E-state index >= 15 is 0 Å². The number of likely N-dealkylation sites (tertiary alicyclic amines) is 1. The number of carbonyl (C=O) groups is 1. The average molecular weight is 432 g/mol. The monoisotopic (exact) mass is 431 g/mol. The molecule has 166 valence electrons. The summed E-state index contributed by atoms with van der Waals surface area (Å²) in [6.07, 6.45) is 1.61. The predicted octanol–water partition coefficient (Wildman–Crippen LogP) is 3.29. The number of nitrogens with two attached hydrogens (primary N) is 1. The van der Waals surface area contributed by atoms with E-state index < -0.39 is 0 Å². The molecule has 0 aliphatic carbocycles. The maximum absolute atomic E-state index is 12.6. The van der Waals surface area contributed by atoms with Crippen LogP contribution in [0.25, 0.3) is 0 Å². The Balaban J connectivity index is 1.33. The molecule has 2 aromatic carbocycles. The van der Waals surface area contributed by atoms with E-state index in [0.717, 1.165) is 37.2 Å². The summed E-state index contributed by atoms with van der Waals surface area (Å²) in [5.74, 6) is 1.40. The minimum atomic E-state index is -0.0232. The summed E-state index contributed by atoms with van der Waals surface area (Å²) in [6, 6.07) is 19.7. The minimum absolute atomic E-state index is 0.0232. The third-order valence-corrected chi connectivity index (χ3v) is 5.83. The molecule has 8 heteroatoms. The molecule has 0 spiro atoms. The van der Waals surface area contributed by atoms with Gasteiger partial charge in [0.15, 0.2) is 5.82 Å². The summed E-state index contributed by atoms with van der Waals surface area (Å²) in [4.78, 5) is 28.0. The molecule has 1 unspecified atom stereocenters. The lowest BCUT2D eigenvalue weighted by molar-refractivity contribution is -0.126. The Morgan fingerprint density at radius 1 is 1.03 bits per heavy atom. The molecule has 1 atom stereocenters. The first kappa shape index (κ1) is 21.7. The number of piperidine rings is 1. The van der Waals surface area contributed by atoms with Crippen molar-refractivity contribution in [2.45, 2.75) is 32.4 Å². The highest BCUT2D eigenvalue weighted by atomic mass is 16.1. The second kappa shape index (κ2) is 10.2. The van der Waals surface area contributed by atoms with E-state index in [-0.39, 0.29) is 23.8 Å². The van der Waals surface area contributed by atoms with E-state index in [1.165, 1.54) is 0 Å². The number of benzene rings is 2. The molecule has 4 N–H and O–H groups in total. The fourth-order valence-corrected chi connectivity index (χ4v) is 3.94. The largest absolute Gasteiger partial charge is 0.368 e. The van der Waals surface area contributed by atoms with Gasteiger partial charge in [-0.1, -0.05) is 48.5 Å². The highest BCUT2D eigenvalue weighted by molar-refractivity contribution is 5.78. The highest BCUT2D eigenvalue weighted by Crippen LogP contribution is 2.26. The molecule has 1 aromatic heterocycles. The van der Waals surface area contributed by atoms with Crippen molar-refractivity contribution in [3.63, 3.8) is 0 Å². The summed E-state index contributed by atoms with van der Waals surface area (Å²) in [5, 5.41) is 6.25. The van der Waals surface area contributed by atoms with E-state index in [0.29, 0.717) is 18.3 Å². The third kappa shape index (κ3) is 5.59. The van der Waals surface area contributed by atoms with Crippen molar-refractivity contribution in [1.29, 1.82) is 0 Å². The number of rotatable bonds is 7. The number of nitrogen functional groups attached to an aromatic ring is 1. The van der Waals surface area contributed by atoms with Gasteiger partial charge in [-0.2, -0.15) is 15.0 Å². The van der Waals surface area contributed by atoms with Crippen LogP contribution in [0.15, 0.2) is 60.7 Å². The second-order valence-electron chi connectivity index (χ2n) is 8.06. The Labute approximate surface area is 188 Å². The maximum atomic E-state index is 12.6. The van der Waals surface area contributed by atoms with Gasteiger partial charge in [-0.25, -0.2) is 0 Å². The van der Waals surface area contributed by atoms with E-state index in [9.17, 15) is 4.79 Å². The van der Waals surface area contributed by atoms with Crippen LogP contribution in [0.3, 0.4) is 0 Å². The Morgan fingerprint density at radius 2 is 1.69 bits per heavy atom. The predicted molar refractivity (Wildman–Crippen MR) is 125 cm³/mol. The Bertz CT molecular complexity index is 1020. The first-order chi connectivity index (χ1) is 15.6. The van der Waals surface area contributed by atoms with Gasteiger partial charge in [0.2, 0.25) is 17.8 Å². The molecule has 2 heterocycles. The molecule has 0 bridgehead atoms. The molecule has 3 aromatic rings. The third-order valence-electron chi connectivity index (χ3n) is 5.83. The zero-order valence-corrected chi connectivity index (χ0v) is 18.2. The lowest BCUT2D eigenvalue weighted by Gasteiger charge is -2.34. The average Bonchev–Trinajstić information content (AvgIpc) is 2.83. The molecule has 0 saturated carbocycles. The number of nitrogens with one attached hydrogen (secondary N) is 2. The number of aromatic nitrogens is 3. The van der Waals surface area contributed by atoms with Gasteiger partial charge >= 0.3 is 0 Å². The molecule has 1 saturated heterocycles. The Hall–Kier alpha value is -3.52. The van der Waals surface area contributed by atoms with Gasteiger partial charge in [0.25, 0.3) is 0 Å². The summed E-state index contributed by atoms with van der Waals surface area (Å²) >= 11 is 0. The summed E-state index contributed by atoms with van der Waals surface area (Å²) in [7, 11) is 0. The van der Waals surface area contributed by atoms with E-state index in [4.69, 9.17) is 5.73 Å². The molecule has 0 radical (unpaired) electrons. The van der Waals surface area contributed by atoms with Gasteiger partial charge in [-0.05, 0) is 50.6 Å². The number of amides is 1. The summed E-state index contributed by atoms with van der Waals surface area (Å²) in [5.41, 5.74) is 7.95. The van der Waals surface area contributed by atoms with Crippen LogP contribution in [0, 0.1) is 5.92 Å². The molecule has 1 aliphatic heterocycles. The van der Waals surface area contributed by atoms with Gasteiger partial charge in [0.05, 0.1) is 6.04 Å². The minimum Gasteiger partial charge on any atom is -0.368 e. The number of carbonyl (C=O) groups excluding carboxylic acids is 1. The smallest absolute Gasteiger partial charge is 0.232 e. The fourth-order valence-electron chi connectivity index (χ4n) is 3.94. The number of nitrogens with zero attached hydrogens (tertiary/aromatic N) is 4. The number of para-hydroxylation sites is 1. The van der Waals surface area contributed by atoms with Crippen molar-refractivity contribution >= 4 is 23.5 Å². The second-order valence-corrected chi connectivity index (χ2v) is 8.06. The first-order valence-corrected chi connectivity index (χ1v) is 11.0. The van der Waals surface area contributed by atoms with E-state index in [1.54, 1.807) is 0 Å². The van der Waals surface area contributed by atoms with Crippen LogP contribution in [0.4, 0.5) is 17.6 Å². The quantitative estimate of drug-likeness (QED) is 0.527. The van der Waals surface area contributed by atoms with Crippen LogP contribution in [0.5, 0.6) is 0 Å². The summed E-state index contributed by atoms with van der Waals surface area (Å²) < 4.78 is 0. The Morgan fingerprint density at radius 3 is 2.38 bits per heavy atom. The van der Waals surface area contributed by atoms with Crippen LogP contribution >= 0.6 is 0 Å². The number of anilines is 3. The highest BCUT2D eigenvalue weighted by Gasteiger charge is 2.29. The van der Waals surface area contributed by atoms with Crippen molar-refractivity contribution in [3.05, 3.63) is 72.1 Å². The topological polar surface area (TPSA) is 109 Å². The van der Waals surface area contributed by atoms with Gasteiger partial charge in [0.1, 0.15) is 0 Å². The van der Waals surface area contributed by atoms with Gasteiger partial charge in [0, 0.05) is 18.2 Å². The van der Waals surface area contributed by atoms with Crippen molar-refractivity contribution in [2.24, 2.45) is 5.92 Å². The van der Waals surface area contributed by atoms with Crippen molar-refractivity contribution in [2.75, 3.05) is 24.1 Å². The maximum Gasteiger partial charge on any atom is 0.232 e. The molecule has 32 heavy (non-hydrogen) atoms. The molecular formula is C24H29N7O. The summed E-state index contributed by atoms with van der Waals surface area (Å²) in [6.45, 7) is 4.24. The van der Waals surface area contributed by atoms with Gasteiger partial charge in [-0.3, -0.25) is 9.69 Å². The lowest BCUT2D eigenvalue weighted by Crippen LogP contribution is -2.41. The van der Waals surface area contributed by atoms with E-state index in [1.807, 2.05) is 60.7 Å². The molecule has 1 aliphatic rings. The van der Waals surface area contributed by atoms with Crippen molar-refractivity contribution < 1.29 is 4.79 Å². The zero-order chi connectivity index (χ0) is 22.3. The zero-order valence-electron chi connectivity index (χ0n) is 18.2. The van der Waals surface area contributed by atoms with Crippen LogP contribution in [-0.2, 0) is 11.3 Å². The number of hydrogen-bond donors (Lipinski definition) is 3. The van der Waals surface area contributed by atoms with Crippen molar-refractivity contribution in [1.82, 2.24) is 25.2 Å². The first-order valence-electron chi connectivity index (χ1n) is 11.0. The van der Waals surface area contributed by atoms with Crippen LogP contribution in [0.1, 0.15) is 37.2 Å². The molecule has 1 fully saturated rings. The van der Waals surface area contributed by atoms with Crippen LogP contribution in [0.2, 0.25) is 0 Å². The standard InChI is InChI=1S/C24H29N7O/c1-17(21-28-23(25)30-24(29-21)27-20-10-6-3-7-11-20)31-14-12-19(13-15-31)22(32)26-16-18-8-4-2-5-9-18/h2-11,17,19H,12-16H2,1H3,(H,26,32)(H3,25,27,28,29,30). The lowest BCUT2D eigenvalue weighted by atomic mass is 9.95. The molecule has 8 nitrogen and oxygen atoms in total. The van der Waals surface area contributed by atoms with Crippen molar-refractivity contribution in [3.8, 4) is 0 Å².